The van der Waals surface area contributed by atoms with E-state index >= 15 is 0 Å². The molecule has 0 bridgehead atoms. The van der Waals surface area contributed by atoms with Crippen LogP contribution < -0.4 is 14.8 Å². The molecule has 0 atom stereocenters. The van der Waals surface area contributed by atoms with Crippen molar-refractivity contribution in [2.45, 2.75) is 4.90 Å². The first-order valence-corrected chi connectivity index (χ1v) is 11.5. The highest BCUT2D eigenvalue weighted by atomic mass is 32.2. The molecular formula is C22H24N4O6S. The van der Waals surface area contributed by atoms with E-state index in [9.17, 15) is 18.0 Å². The molecule has 0 radical (unpaired) electrons. The molecule has 0 saturated carbocycles. The second kappa shape index (κ2) is 10.3. The molecule has 1 N–H and O–H groups in total. The molecule has 3 rings (SSSR count). The fraction of sp³-hybridized carbons (Fsp3) is 0.318. The number of nitrogens with one attached hydrogen (secondary N) is 1. The van der Waals surface area contributed by atoms with Gasteiger partial charge < -0.3 is 19.7 Å². The SMILES string of the molecule is COc1ccc(C(=O)NCC(=O)N2CCN(S(=O)(=O)c3ccc(C#N)cc3)CC2)cc1OC. The predicted molar refractivity (Wildman–Crippen MR) is 118 cm³/mol. The number of rotatable bonds is 7. The van der Waals surface area contributed by atoms with Crippen LogP contribution in [0.4, 0.5) is 0 Å². The van der Waals surface area contributed by atoms with Crippen LogP contribution in [0.2, 0.25) is 0 Å². The summed E-state index contributed by atoms with van der Waals surface area (Å²) in [5, 5.41) is 11.4. The van der Waals surface area contributed by atoms with Gasteiger partial charge in [0.2, 0.25) is 15.9 Å². The zero-order valence-electron chi connectivity index (χ0n) is 18.3. The molecule has 2 amide bonds. The Morgan fingerprint density at radius 3 is 2.21 bits per heavy atom. The number of carbonyl (C=O) groups is 2. The van der Waals surface area contributed by atoms with E-state index in [0.717, 1.165) is 0 Å². The number of nitrogens with zero attached hydrogens (tertiary/aromatic N) is 3. The van der Waals surface area contributed by atoms with Gasteiger partial charge in [0, 0.05) is 31.7 Å². The summed E-state index contributed by atoms with van der Waals surface area (Å²) < 4.78 is 37.2. The first-order chi connectivity index (χ1) is 15.8. The van der Waals surface area contributed by atoms with Crippen LogP contribution in [0.25, 0.3) is 0 Å². The molecule has 1 fully saturated rings. The Kier molecular flexibility index (Phi) is 7.52. The summed E-state index contributed by atoms with van der Waals surface area (Å²) in [4.78, 5) is 26.5. The molecule has 0 aromatic heterocycles. The van der Waals surface area contributed by atoms with Crippen molar-refractivity contribution >= 4 is 21.8 Å². The molecule has 1 saturated heterocycles. The normalized spacial score (nSPS) is 14.3. The van der Waals surface area contributed by atoms with Gasteiger partial charge in [0.25, 0.3) is 5.91 Å². The molecule has 2 aromatic rings. The van der Waals surface area contributed by atoms with Gasteiger partial charge in [-0.2, -0.15) is 9.57 Å². The van der Waals surface area contributed by atoms with Gasteiger partial charge in [0.15, 0.2) is 11.5 Å². The number of nitriles is 1. The van der Waals surface area contributed by atoms with Crippen molar-refractivity contribution in [1.29, 1.82) is 5.26 Å². The third kappa shape index (κ3) is 5.42. The molecule has 11 heteroatoms. The number of amides is 2. The second-order valence-corrected chi connectivity index (χ2v) is 9.11. The topological polar surface area (TPSA) is 129 Å². The summed E-state index contributed by atoms with van der Waals surface area (Å²) in [7, 11) is -0.762. The van der Waals surface area contributed by atoms with Crippen LogP contribution in [0.1, 0.15) is 15.9 Å². The smallest absolute Gasteiger partial charge is 0.251 e. The van der Waals surface area contributed by atoms with E-state index in [-0.39, 0.29) is 43.5 Å². The van der Waals surface area contributed by atoms with Gasteiger partial charge in [-0.3, -0.25) is 9.59 Å². The Hall–Kier alpha value is -3.62. The molecule has 2 aromatic carbocycles. The van der Waals surface area contributed by atoms with E-state index in [4.69, 9.17) is 14.7 Å². The van der Waals surface area contributed by atoms with Gasteiger partial charge in [0.05, 0.1) is 37.3 Å². The molecule has 0 aliphatic carbocycles. The Bertz CT molecular complexity index is 1170. The number of piperazine rings is 1. The monoisotopic (exact) mass is 472 g/mol. The third-order valence-electron chi connectivity index (χ3n) is 5.26. The van der Waals surface area contributed by atoms with Gasteiger partial charge >= 0.3 is 0 Å². The summed E-state index contributed by atoms with van der Waals surface area (Å²) in [5.74, 6) is 0.139. The van der Waals surface area contributed by atoms with Crippen molar-refractivity contribution in [2.24, 2.45) is 0 Å². The molecular weight excluding hydrogens is 448 g/mol. The Balaban J connectivity index is 1.54. The largest absolute Gasteiger partial charge is 0.493 e. The molecule has 10 nitrogen and oxygen atoms in total. The number of carbonyl (C=O) groups excluding carboxylic acids is 2. The minimum Gasteiger partial charge on any atom is -0.493 e. The van der Waals surface area contributed by atoms with Crippen LogP contribution in [-0.4, -0.2) is 76.4 Å². The summed E-state index contributed by atoms with van der Waals surface area (Å²) in [6.07, 6.45) is 0. The standard InChI is InChI=1S/C22H24N4O6S/c1-31-19-8-5-17(13-20(19)32-2)22(28)24-15-21(27)25-9-11-26(12-10-25)33(29,30)18-6-3-16(14-23)4-7-18/h3-8,13H,9-12,15H2,1-2H3,(H,24,28). The van der Waals surface area contributed by atoms with E-state index in [1.807, 2.05) is 6.07 Å². The van der Waals surface area contributed by atoms with Crippen molar-refractivity contribution in [3.63, 3.8) is 0 Å². The van der Waals surface area contributed by atoms with Gasteiger partial charge in [0.1, 0.15) is 0 Å². The number of benzene rings is 2. The highest BCUT2D eigenvalue weighted by molar-refractivity contribution is 7.89. The van der Waals surface area contributed by atoms with Crippen molar-refractivity contribution in [1.82, 2.24) is 14.5 Å². The fourth-order valence-electron chi connectivity index (χ4n) is 3.38. The highest BCUT2D eigenvalue weighted by Crippen LogP contribution is 2.27. The first-order valence-electron chi connectivity index (χ1n) is 10.1. The first kappa shape index (κ1) is 24.0. The van der Waals surface area contributed by atoms with E-state index in [2.05, 4.69) is 5.32 Å². The Labute approximate surface area is 192 Å². The van der Waals surface area contributed by atoms with Crippen LogP contribution in [0.15, 0.2) is 47.4 Å². The molecule has 1 heterocycles. The molecule has 0 spiro atoms. The van der Waals surface area contributed by atoms with Gasteiger partial charge in [-0.05, 0) is 42.5 Å². The zero-order chi connectivity index (χ0) is 24.0. The number of methoxy groups -OCH3 is 2. The van der Waals surface area contributed by atoms with E-state index in [1.165, 1.54) is 53.8 Å². The molecule has 0 unspecified atom stereocenters. The molecule has 1 aliphatic rings. The van der Waals surface area contributed by atoms with Crippen LogP contribution in [0, 0.1) is 11.3 Å². The Morgan fingerprint density at radius 1 is 1.00 bits per heavy atom. The van der Waals surface area contributed by atoms with Crippen LogP contribution in [0.3, 0.4) is 0 Å². The van der Waals surface area contributed by atoms with E-state index in [0.29, 0.717) is 22.6 Å². The summed E-state index contributed by atoms with van der Waals surface area (Å²) in [6, 6.07) is 12.3. The lowest BCUT2D eigenvalue weighted by molar-refractivity contribution is -0.131. The van der Waals surface area contributed by atoms with Gasteiger partial charge in [-0.15, -0.1) is 0 Å². The summed E-state index contributed by atoms with van der Waals surface area (Å²) in [5.41, 5.74) is 0.693. The maximum atomic E-state index is 12.8. The van der Waals surface area contributed by atoms with Gasteiger partial charge in [-0.1, -0.05) is 0 Å². The lowest BCUT2D eigenvalue weighted by atomic mass is 10.2. The minimum atomic E-state index is -3.72. The maximum Gasteiger partial charge on any atom is 0.251 e. The minimum absolute atomic E-state index is 0.100. The predicted octanol–water partition coefficient (Wildman–Crippen LogP) is 0.838. The molecule has 1 aliphatic heterocycles. The third-order valence-corrected chi connectivity index (χ3v) is 7.17. The van der Waals surface area contributed by atoms with Crippen LogP contribution in [0.5, 0.6) is 11.5 Å². The van der Waals surface area contributed by atoms with Crippen molar-refractivity contribution in [3.8, 4) is 17.6 Å². The molecule has 33 heavy (non-hydrogen) atoms. The van der Waals surface area contributed by atoms with Crippen molar-refractivity contribution in [3.05, 3.63) is 53.6 Å². The quantitative estimate of drug-likeness (QED) is 0.632. The van der Waals surface area contributed by atoms with E-state index < -0.39 is 15.9 Å². The number of ether oxygens (including phenoxy) is 2. The van der Waals surface area contributed by atoms with Gasteiger partial charge in [-0.25, -0.2) is 8.42 Å². The number of hydrogen-bond donors (Lipinski definition) is 1. The average Bonchev–Trinajstić information content (AvgIpc) is 2.86. The van der Waals surface area contributed by atoms with Crippen LogP contribution in [-0.2, 0) is 14.8 Å². The second-order valence-electron chi connectivity index (χ2n) is 7.17. The number of sulfonamides is 1. The lowest BCUT2D eigenvalue weighted by Crippen LogP contribution is -2.52. The highest BCUT2D eigenvalue weighted by Gasteiger charge is 2.30. The Morgan fingerprint density at radius 2 is 1.64 bits per heavy atom. The van der Waals surface area contributed by atoms with E-state index in [1.54, 1.807) is 12.1 Å². The fourth-order valence-corrected chi connectivity index (χ4v) is 4.80. The zero-order valence-corrected chi connectivity index (χ0v) is 19.1. The van der Waals surface area contributed by atoms with Crippen LogP contribution >= 0.6 is 0 Å². The maximum absolute atomic E-state index is 12.8. The average molecular weight is 473 g/mol. The molecule has 174 valence electrons. The lowest BCUT2D eigenvalue weighted by Gasteiger charge is -2.34. The van der Waals surface area contributed by atoms with Crippen molar-refractivity contribution < 1.29 is 27.5 Å². The summed E-state index contributed by atoms with van der Waals surface area (Å²) in [6.45, 7) is 0.478. The summed E-state index contributed by atoms with van der Waals surface area (Å²) >= 11 is 0. The number of hydrogen-bond acceptors (Lipinski definition) is 7. The van der Waals surface area contributed by atoms with Crippen molar-refractivity contribution in [2.75, 3.05) is 46.9 Å².